The van der Waals surface area contributed by atoms with Gasteiger partial charge in [-0.2, -0.15) is 0 Å². The van der Waals surface area contributed by atoms with Crippen molar-refractivity contribution in [3.63, 3.8) is 0 Å². The highest BCUT2D eigenvalue weighted by Gasteiger charge is 2.40. The van der Waals surface area contributed by atoms with Crippen LogP contribution in [0.2, 0.25) is 0 Å². The summed E-state index contributed by atoms with van der Waals surface area (Å²) >= 11 is 0. The largest absolute Gasteiger partial charge is 0.509 e. The number of amides is 1. The quantitative estimate of drug-likeness (QED) is 0.740. The normalized spacial score (nSPS) is 20.2. The van der Waals surface area contributed by atoms with Crippen molar-refractivity contribution < 1.29 is 14.7 Å². The minimum atomic E-state index is -0.342. The molecule has 18 heavy (non-hydrogen) atoms. The van der Waals surface area contributed by atoms with Crippen molar-refractivity contribution >= 4 is 11.7 Å². The van der Waals surface area contributed by atoms with Gasteiger partial charge in [0.15, 0.2) is 5.78 Å². The second-order valence-corrected chi connectivity index (χ2v) is 5.31. The van der Waals surface area contributed by atoms with Crippen LogP contribution in [0.3, 0.4) is 0 Å². The van der Waals surface area contributed by atoms with Crippen LogP contribution in [0.15, 0.2) is 11.3 Å². The van der Waals surface area contributed by atoms with Crippen LogP contribution >= 0.6 is 0 Å². The molecule has 0 saturated carbocycles. The summed E-state index contributed by atoms with van der Waals surface area (Å²) in [4.78, 5) is 25.2. The molecule has 0 saturated heterocycles. The molecule has 102 valence electrons. The molecule has 1 rings (SSSR count). The zero-order valence-electron chi connectivity index (χ0n) is 11.7. The number of rotatable bonds is 6. The molecular weight excluding hydrogens is 230 g/mol. The average molecular weight is 253 g/mol. The Morgan fingerprint density at radius 3 is 2.50 bits per heavy atom. The number of nitrogens with zero attached hydrogens (tertiary/aromatic N) is 1. The number of unbranched alkanes of at least 4 members (excludes halogenated alkanes) is 1. The number of carbonyl (C=O) groups is 2. The van der Waals surface area contributed by atoms with Crippen LogP contribution in [0.1, 0.15) is 47.0 Å². The lowest BCUT2D eigenvalue weighted by Crippen LogP contribution is -2.37. The van der Waals surface area contributed by atoms with Crippen LogP contribution in [0.25, 0.3) is 0 Å². The van der Waals surface area contributed by atoms with E-state index in [2.05, 4.69) is 6.92 Å². The van der Waals surface area contributed by atoms with Crippen LogP contribution in [-0.2, 0) is 9.59 Å². The summed E-state index contributed by atoms with van der Waals surface area (Å²) < 4.78 is 0. The molecule has 1 aliphatic rings. The Labute approximate surface area is 109 Å². The Balaban J connectivity index is 2.98. The Hall–Kier alpha value is -1.32. The molecule has 0 aliphatic carbocycles. The van der Waals surface area contributed by atoms with Crippen LogP contribution in [0.5, 0.6) is 0 Å². The highest BCUT2D eigenvalue weighted by Crippen LogP contribution is 2.29. The number of aliphatic hydroxyl groups excluding tert-OH is 1. The number of carbonyl (C=O) groups excluding carboxylic acids is 2. The molecule has 1 amide bonds. The first-order chi connectivity index (χ1) is 8.40. The molecule has 1 atom stereocenters. The van der Waals surface area contributed by atoms with E-state index in [0.717, 1.165) is 12.8 Å². The second kappa shape index (κ2) is 6.03. The molecule has 1 aliphatic heterocycles. The topological polar surface area (TPSA) is 57.6 Å². The molecule has 1 N–H and O–H groups in total. The fraction of sp³-hybridized carbons (Fsp3) is 0.714. The maximum Gasteiger partial charge on any atom is 0.261 e. The fourth-order valence-electron chi connectivity index (χ4n) is 2.31. The molecule has 0 radical (unpaired) electrons. The summed E-state index contributed by atoms with van der Waals surface area (Å²) in [5, 5.41) is 10.1. The molecule has 4 heteroatoms. The predicted octanol–water partition coefficient (Wildman–Crippen LogP) is 2.44. The molecular formula is C14H23NO3. The zero-order chi connectivity index (χ0) is 13.9. The average Bonchev–Trinajstić information content (AvgIpc) is 2.48. The van der Waals surface area contributed by atoms with Crippen molar-refractivity contribution in [3.05, 3.63) is 11.3 Å². The van der Waals surface area contributed by atoms with Gasteiger partial charge in [0.1, 0.15) is 11.3 Å². The van der Waals surface area contributed by atoms with Crippen molar-refractivity contribution in [1.82, 2.24) is 4.90 Å². The summed E-state index contributed by atoms with van der Waals surface area (Å²) in [6.07, 6.45) is 2.56. The third-order valence-electron chi connectivity index (χ3n) is 3.22. The number of Topliss-reactive ketones (excluding diaryl/α,β-unsaturated/α-hetero) is 1. The highest BCUT2D eigenvalue weighted by atomic mass is 16.3. The maximum atomic E-state index is 12.1. The number of hydrogen-bond donors (Lipinski definition) is 1. The van der Waals surface area contributed by atoms with Gasteiger partial charge in [0.05, 0.1) is 6.04 Å². The van der Waals surface area contributed by atoms with Crippen molar-refractivity contribution in [2.24, 2.45) is 5.92 Å². The van der Waals surface area contributed by atoms with Gasteiger partial charge >= 0.3 is 0 Å². The van der Waals surface area contributed by atoms with Gasteiger partial charge in [-0.3, -0.25) is 9.59 Å². The first-order valence-corrected chi connectivity index (χ1v) is 6.65. The molecule has 0 fully saturated rings. The van der Waals surface area contributed by atoms with Gasteiger partial charge in [-0.25, -0.2) is 0 Å². The van der Waals surface area contributed by atoms with Gasteiger partial charge in [0.2, 0.25) is 0 Å². The molecule has 0 spiro atoms. The third kappa shape index (κ3) is 2.92. The molecule has 4 nitrogen and oxygen atoms in total. The first-order valence-electron chi connectivity index (χ1n) is 6.65. The lowest BCUT2D eigenvalue weighted by molar-refractivity contribution is -0.129. The van der Waals surface area contributed by atoms with E-state index in [1.807, 2.05) is 13.8 Å². The van der Waals surface area contributed by atoms with E-state index in [4.69, 9.17) is 0 Å². The van der Waals surface area contributed by atoms with E-state index in [9.17, 15) is 14.7 Å². The van der Waals surface area contributed by atoms with E-state index in [1.165, 1.54) is 6.92 Å². The molecule has 0 aromatic heterocycles. The Morgan fingerprint density at radius 2 is 2.06 bits per heavy atom. The van der Waals surface area contributed by atoms with Gasteiger partial charge in [0, 0.05) is 6.54 Å². The summed E-state index contributed by atoms with van der Waals surface area (Å²) in [7, 11) is 0. The Morgan fingerprint density at radius 1 is 1.44 bits per heavy atom. The van der Waals surface area contributed by atoms with E-state index >= 15 is 0 Å². The molecule has 1 heterocycles. The lowest BCUT2D eigenvalue weighted by Gasteiger charge is -2.26. The molecule has 0 aromatic rings. The van der Waals surface area contributed by atoms with E-state index in [0.29, 0.717) is 18.9 Å². The SMILES string of the molecule is CCCCN1C(=O)C(C(C)=O)=C(O)C1CC(C)C. The number of hydrogen-bond acceptors (Lipinski definition) is 3. The highest BCUT2D eigenvalue weighted by molar-refractivity contribution is 6.20. The van der Waals surface area contributed by atoms with Gasteiger partial charge in [-0.1, -0.05) is 27.2 Å². The summed E-state index contributed by atoms with van der Waals surface area (Å²) in [6.45, 7) is 8.08. The molecule has 0 bridgehead atoms. The third-order valence-corrected chi connectivity index (χ3v) is 3.22. The fourth-order valence-corrected chi connectivity index (χ4v) is 2.31. The number of aliphatic hydroxyl groups is 1. The first kappa shape index (κ1) is 14.7. The second-order valence-electron chi connectivity index (χ2n) is 5.31. The van der Waals surface area contributed by atoms with E-state index in [-0.39, 0.29) is 29.1 Å². The summed E-state index contributed by atoms with van der Waals surface area (Å²) in [6, 6.07) is -0.317. The minimum Gasteiger partial charge on any atom is -0.509 e. The zero-order valence-corrected chi connectivity index (χ0v) is 11.7. The Kier molecular flexibility index (Phi) is 4.93. The van der Waals surface area contributed by atoms with Crippen molar-refractivity contribution in [1.29, 1.82) is 0 Å². The van der Waals surface area contributed by atoms with Crippen LogP contribution in [0.4, 0.5) is 0 Å². The monoisotopic (exact) mass is 253 g/mol. The lowest BCUT2D eigenvalue weighted by atomic mass is 10.0. The minimum absolute atomic E-state index is 0.0169. The van der Waals surface area contributed by atoms with Crippen LogP contribution in [0, 0.1) is 5.92 Å². The van der Waals surface area contributed by atoms with Crippen molar-refractivity contribution in [2.45, 2.75) is 53.0 Å². The Bertz CT molecular complexity index is 371. The summed E-state index contributed by atoms with van der Waals surface area (Å²) in [5.41, 5.74) is -0.0169. The van der Waals surface area contributed by atoms with Crippen LogP contribution in [-0.4, -0.2) is 34.3 Å². The smallest absolute Gasteiger partial charge is 0.261 e. The summed E-state index contributed by atoms with van der Waals surface area (Å²) in [5.74, 6) is -0.318. The van der Waals surface area contributed by atoms with Crippen LogP contribution < -0.4 is 0 Å². The van der Waals surface area contributed by atoms with Gasteiger partial charge < -0.3 is 10.0 Å². The van der Waals surface area contributed by atoms with E-state index in [1.54, 1.807) is 4.90 Å². The van der Waals surface area contributed by atoms with Gasteiger partial charge in [-0.05, 0) is 25.7 Å². The predicted molar refractivity (Wildman–Crippen MR) is 70.2 cm³/mol. The maximum absolute atomic E-state index is 12.1. The van der Waals surface area contributed by atoms with Gasteiger partial charge in [0.25, 0.3) is 5.91 Å². The van der Waals surface area contributed by atoms with Crippen molar-refractivity contribution in [3.8, 4) is 0 Å². The number of ketones is 1. The van der Waals surface area contributed by atoms with E-state index < -0.39 is 0 Å². The van der Waals surface area contributed by atoms with Gasteiger partial charge in [-0.15, -0.1) is 0 Å². The molecule has 1 unspecified atom stereocenters. The van der Waals surface area contributed by atoms with Crippen molar-refractivity contribution in [2.75, 3.05) is 6.54 Å². The standard InChI is InChI=1S/C14H23NO3/c1-5-6-7-15-11(8-9(2)3)13(17)12(10(4)16)14(15)18/h9,11,17H,5-8H2,1-4H3. The molecule has 0 aromatic carbocycles.